The Labute approximate surface area is 157 Å². The predicted molar refractivity (Wildman–Crippen MR) is 105 cm³/mol. The number of hydrogen-bond acceptors (Lipinski definition) is 3. The first-order valence-electron chi connectivity index (χ1n) is 8.36. The molecule has 0 aliphatic rings. The lowest BCUT2D eigenvalue weighted by atomic mass is 10.0. The van der Waals surface area contributed by atoms with Crippen LogP contribution in [-0.2, 0) is 4.79 Å². The Morgan fingerprint density at radius 2 is 1.88 bits per heavy atom. The summed E-state index contributed by atoms with van der Waals surface area (Å²) in [5, 5.41) is 2.84. The van der Waals surface area contributed by atoms with E-state index >= 15 is 0 Å². The van der Waals surface area contributed by atoms with E-state index in [4.69, 9.17) is 9.47 Å². The van der Waals surface area contributed by atoms with Crippen molar-refractivity contribution in [3.63, 3.8) is 0 Å². The topological polar surface area (TPSA) is 47.6 Å². The van der Waals surface area contributed by atoms with E-state index in [1.807, 2.05) is 44.2 Å². The van der Waals surface area contributed by atoms with E-state index in [1.54, 1.807) is 0 Å². The number of halogens is 1. The van der Waals surface area contributed by atoms with Gasteiger partial charge in [0, 0.05) is 4.47 Å². The Morgan fingerprint density at radius 1 is 1.16 bits per heavy atom. The molecule has 0 fully saturated rings. The van der Waals surface area contributed by atoms with Gasteiger partial charge in [0.05, 0.1) is 12.3 Å². The quantitative estimate of drug-likeness (QED) is 0.679. The van der Waals surface area contributed by atoms with Gasteiger partial charge in [0.25, 0.3) is 5.91 Å². The minimum Gasteiger partial charge on any atom is -0.492 e. The van der Waals surface area contributed by atoms with E-state index in [0.29, 0.717) is 24.0 Å². The van der Waals surface area contributed by atoms with E-state index in [1.165, 1.54) is 0 Å². The first-order valence-corrected chi connectivity index (χ1v) is 9.16. The lowest BCUT2D eigenvalue weighted by molar-refractivity contribution is -0.118. The number of hydrogen-bond donors (Lipinski definition) is 1. The van der Waals surface area contributed by atoms with E-state index in [0.717, 1.165) is 21.3 Å². The van der Waals surface area contributed by atoms with Gasteiger partial charge in [0.15, 0.2) is 6.61 Å². The molecular weight excluding hydrogens is 382 g/mol. The van der Waals surface area contributed by atoms with Crippen LogP contribution in [0.3, 0.4) is 0 Å². The fraction of sp³-hybridized carbons (Fsp3) is 0.350. The Hall–Kier alpha value is -2.01. The van der Waals surface area contributed by atoms with Gasteiger partial charge >= 0.3 is 0 Å². The van der Waals surface area contributed by atoms with Gasteiger partial charge in [0.1, 0.15) is 11.5 Å². The van der Waals surface area contributed by atoms with Crippen LogP contribution >= 0.6 is 15.9 Å². The molecule has 2 aromatic carbocycles. The van der Waals surface area contributed by atoms with Gasteiger partial charge in [-0.25, -0.2) is 0 Å². The van der Waals surface area contributed by atoms with E-state index in [-0.39, 0.29) is 12.5 Å². The molecule has 5 heteroatoms. The van der Waals surface area contributed by atoms with Crippen LogP contribution in [0.15, 0.2) is 40.9 Å². The third-order valence-corrected chi connectivity index (χ3v) is 4.59. The largest absolute Gasteiger partial charge is 0.492 e. The number of anilines is 1. The number of carbonyl (C=O) groups is 1. The normalized spacial score (nSPS) is 10.6. The van der Waals surface area contributed by atoms with Crippen molar-refractivity contribution in [2.24, 2.45) is 0 Å². The molecule has 25 heavy (non-hydrogen) atoms. The third-order valence-electron chi connectivity index (χ3n) is 3.73. The highest BCUT2D eigenvalue weighted by molar-refractivity contribution is 9.10. The average molecular weight is 406 g/mol. The SMILES string of the molecule is CCOc1ccccc1NC(=O)COc1cc(C)c(Br)cc1C(C)C. The van der Waals surface area contributed by atoms with Crippen molar-refractivity contribution in [1.29, 1.82) is 0 Å². The fourth-order valence-electron chi connectivity index (χ4n) is 2.43. The summed E-state index contributed by atoms with van der Waals surface area (Å²) in [6.07, 6.45) is 0. The minimum absolute atomic E-state index is 0.0543. The summed E-state index contributed by atoms with van der Waals surface area (Å²) < 4.78 is 12.4. The second kappa shape index (κ2) is 8.90. The van der Waals surface area contributed by atoms with Gasteiger partial charge in [-0.2, -0.15) is 0 Å². The van der Waals surface area contributed by atoms with Crippen molar-refractivity contribution in [2.45, 2.75) is 33.6 Å². The number of nitrogens with one attached hydrogen (secondary N) is 1. The average Bonchev–Trinajstić information content (AvgIpc) is 2.57. The van der Waals surface area contributed by atoms with Crippen molar-refractivity contribution >= 4 is 27.5 Å². The van der Waals surface area contributed by atoms with Crippen molar-refractivity contribution in [2.75, 3.05) is 18.5 Å². The summed E-state index contributed by atoms with van der Waals surface area (Å²) in [6.45, 7) is 8.59. The van der Waals surface area contributed by atoms with Crippen molar-refractivity contribution < 1.29 is 14.3 Å². The molecule has 4 nitrogen and oxygen atoms in total. The smallest absolute Gasteiger partial charge is 0.262 e. The Kier molecular flexibility index (Phi) is 6.88. The summed E-state index contributed by atoms with van der Waals surface area (Å²) in [7, 11) is 0. The van der Waals surface area contributed by atoms with Crippen LogP contribution in [0.2, 0.25) is 0 Å². The maximum Gasteiger partial charge on any atom is 0.262 e. The van der Waals surface area contributed by atoms with E-state index < -0.39 is 0 Å². The molecule has 134 valence electrons. The first kappa shape index (κ1) is 19.3. The molecule has 0 aliphatic carbocycles. The van der Waals surface area contributed by atoms with Crippen LogP contribution < -0.4 is 14.8 Å². The van der Waals surface area contributed by atoms with Gasteiger partial charge < -0.3 is 14.8 Å². The van der Waals surface area contributed by atoms with Gasteiger partial charge in [-0.15, -0.1) is 0 Å². The fourth-order valence-corrected chi connectivity index (χ4v) is 2.79. The van der Waals surface area contributed by atoms with Crippen LogP contribution in [0.25, 0.3) is 0 Å². The van der Waals surface area contributed by atoms with Crippen LogP contribution in [0, 0.1) is 6.92 Å². The van der Waals surface area contributed by atoms with Crippen molar-refractivity contribution in [1.82, 2.24) is 0 Å². The summed E-state index contributed by atoms with van der Waals surface area (Å²) in [6, 6.07) is 11.4. The highest BCUT2D eigenvalue weighted by atomic mass is 79.9. The molecular formula is C20H24BrNO3. The highest BCUT2D eigenvalue weighted by Gasteiger charge is 2.13. The zero-order chi connectivity index (χ0) is 18.4. The summed E-state index contributed by atoms with van der Waals surface area (Å²) in [5.41, 5.74) is 2.79. The summed E-state index contributed by atoms with van der Waals surface area (Å²) in [4.78, 5) is 12.3. The second-order valence-electron chi connectivity index (χ2n) is 6.06. The number of rotatable bonds is 7. The Morgan fingerprint density at radius 3 is 2.56 bits per heavy atom. The molecule has 1 N–H and O–H groups in total. The van der Waals surface area contributed by atoms with Crippen LogP contribution in [0.5, 0.6) is 11.5 Å². The van der Waals surface area contributed by atoms with Gasteiger partial charge in [-0.3, -0.25) is 4.79 Å². The molecule has 2 aromatic rings. The van der Waals surface area contributed by atoms with E-state index in [2.05, 4.69) is 41.2 Å². The molecule has 0 unspecified atom stereocenters. The predicted octanol–water partition coefficient (Wildman–Crippen LogP) is 5.30. The molecule has 2 rings (SSSR count). The Balaban J connectivity index is 2.07. The number of benzene rings is 2. The van der Waals surface area contributed by atoms with Crippen molar-refractivity contribution in [3.8, 4) is 11.5 Å². The summed E-state index contributed by atoms with van der Waals surface area (Å²) >= 11 is 3.55. The zero-order valence-corrected chi connectivity index (χ0v) is 16.6. The monoisotopic (exact) mass is 405 g/mol. The number of para-hydroxylation sites is 2. The van der Waals surface area contributed by atoms with E-state index in [9.17, 15) is 4.79 Å². The number of aryl methyl sites for hydroxylation is 1. The molecule has 0 saturated carbocycles. The highest BCUT2D eigenvalue weighted by Crippen LogP contribution is 2.32. The Bertz CT molecular complexity index is 744. The molecule has 0 heterocycles. The zero-order valence-electron chi connectivity index (χ0n) is 15.1. The number of ether oxygens (including phenoxy) is 2. The number of carbonyl (C=O) groups excluding carboxylic acids is 1. The second-order valence-corrected chi connectivity index (χ2v) is 6.91. The maximum atomic E-state index is 12.3. The van der Waals surface area contributed by atoms with Crippen LogP contribution in [0.4, 0.5) is 5.69 Å². The van der Waals surface area contributed by atoms with Crippen molar-refractivity contribution in [3.05, 3.63) is 52.0 Å². The van der Waals surface area contributed by atoms with Crippen LogP contribution in [-0.4, -0.2) is 19.1 Å². The van der Waals surface area contributed by atoms with Gasteiger partial charge in [-0.05, 0) is 55.2 Å². The first-order chi connectivity index (χ1) is 11.9. The number of amides is 1. The maximum absolute atomic E-state index is 12.3. The lowest BCUT2D eigenvalue weighted by Crippen LogP contribution is -2.21. The molecule has 0 bridgehead atoms. The molecule has 0 aromatic heterocycles. The third kappa shape index (κ3) is 5.23. The molecule has 1 amide bonds. The molecule has 0 aliphatic heterocycles. The van der Waals surface area contributed by atoms with Crippen LogP contribution in [0.1, 0.15) is 37.8 Å². The molecule has 0 spiro atoms. The molecule has 0 atom stereocenters. The molecule has 0 radical (unpaired) electrons. The minimum atomic E-state index is -0.220. The summed E-state index contributed by atoms with van der Waals surface area (Å²) in [5.74, 6) is 1.47. The van der Waals surface area contributed by atoms with Gasteiger partial charge in [-0.1, -0.05) is 41.9 Å². The lowest BCUT2D eigenvalue weighted by Gasteiger charge is -2.16. The standard InChI is InChI=1S/C20H24BrNO3/c1-5-24-18-9-7-6-8-17(18)22-20(23)12-25-19-10-14(4)16(21)11-15(19)13(2)3/h6-11,13H,5,12H2,1-4H3,(H,22,23). The van der Waals surface area contributed by atoms with Gasteiger partial charge in [0.2, 0.25) is 0 Å². The molecule has 0 saturated heterocycles.